The van der Waals surface area contributed by atoms with Crippen LogP contribution in [0.4, 0.5) is 0 Å². The molecule has 0 spiro atoms. The third-order valence-corrected chi connectivity index (χ3v) is 3.32. The Kier molecular flexibility index (Phi) is 3.85. The first-order valence-electron chi connectivity index (χ1n) is 5.42. The highest BCUT2D eigenvalue weighted by Crippen LogP contribution is 2.22. The van der Waals surface area contributed by atoms with E-state index in [1.54, 1.807) is 12.1 Å². The fraction of sp³-hybridized carbons (Fsp3) is 0.200. The first-order chi connectivity index (χ1) is 9.15. The summed E-state index contributed by atoms with van der Waals surface area (Å²) in [6.45, 7) is 2.38. The lowest BCUT2D eigenvalue weighted by molar-refractivity contribution is 0.318. The summed E-state index contributed by atoms with van der Waals surface area (Å²) in [4.78, 5) is 15.5. The van der Waals surface area contributed by atoms with Crippen molar-refractivity contribution in [2.75, 3.05) is 0 Å². The number of nitrogens with one attached hydrogen (secondary N) is 1. The van der Waals surface area contributed by atoms with E-state index in [0.29, 0.717) is 22.3 Å². The smallest absolute Gasteiger partial charge is 0.343 e. The molecule has 19 heavy (non-hydrogen) atoms. The van der Waals surface area contributed by atoms with Crippen LogP contribution in [0.25, 0.3) is 0 Å². The second-order valence-electron chi connectivity index (χ2n) is 3.53. The average Bonchev–Trinajstić information content (AvgIpc) is 2.79. The van der Waals surface area contributed by atoms with Crippen LogP contribution in [0.3, 0.4) is 0 Å². The lowest BCUT2D eigenvalue weighted by Gasteiger charge is -2.02. The molecule has 2 heterocycles. The molecular weight excluding hydrogens is 268 g/mol. The molecule has 2 aromatic heterocycles. The zero-order chi connectivity index (χ0) is 13.8. The zero-order valence-electron chi connectivity index (χ0n) is 10.1. The molecule has 0 fully saturated rings. The molecule has 0 saturated carbocycles. The van der Waals surface area contributed by atoms with E-state index in [1.165, 1.54) is 22.5 Å². The first-order valence-corrected chi connectivity index (χ1v) is 6.24. The van der Waals surface area contributed by atoms with Crippen molar-refractivity contribution in [3.8, 4) is 0 Å². The Labute approximate surface area is 112 Å². The van der Waals surface area contributed by atoms with Gasteiger partial charge in [-0.1, -0.05) is 5.16 Å². The number of aromatic nitrogens is 4. The van der Waals surface area contributed by atoms with E-state index in [9.17, 15) is 4.79 Å². The molecule has 8 nitrogen and oxygen atoms in total. The van der Waals surface area contributed by atoms with Crippen LogP contribution in [0.15, 0.2) is 38.5 Å². The number of rotatable bonds is 4. The molecule has 0 saturated heterocycles. The van der Waals surface area contributed by atoms with E-state index < -0.39 is 0 Å². The molecule has 2 aromatic rings. The number of H-pyrrole nitrogens is 1. The van der Waals surface area contributed by atoms with E-state index in [1.807, 2.05) is 6.92 Å². The molecule has 0 unspecified atom stereocenters. The SMILES string of the molecule is CCn1c(Sc2ccc(C(N)=NO)cn2)n[nH]c1=O. The second-order valence-corrected chi connectivity index (χ2v) is 4.52. The van der Waals surface area contributed by atoms with Crippen LogP contribution in [0.2, 0.25) is 0 Å². The maximum atomic E-state index is 11.4. The van der Waals surface area contributed by atoms with Crippen molar-refractivity contribution >= 4 is 17.6 Å². The van der Waals surface area contributed by atoms with E-state index in [2.05, 4.69) is 20.3 Å². The van der Waals surface area contributed by atoms with Crippen molar-refractivity contribution in [2.24, 2.45) is 10.9 Å². The van der Waals surface area contributed by atoms with Gasteiger partial charge in [-0.05, 0) is 30.8 Å². The molecule has 2 rings (SSSR count). The number of hydrogen-bond acceptors (Lipinski definition) is 6. The second kappa shape index (κ2) is 5.57. The highest BCUT2D eigenvalue weighted by Gasteiger charge is 2.09. The molecule has 0 aliphatic carbocycles. The van der Waals surface area contributed by atoms with Gasteiger partial charge in [-0.15, -0.1) is 5.10 Å². The highest BCUT2D eigenvalue weighted by molar-refractivity contribution is 7.99. The summed E-state index contributed by atoms with van der Waals surface area (Å²) in [5, 5.41) is 18.9. The van der Waals surface area contributed by atoms with Crippen LogP contribution >= 0.6 is 11.8 Å². The van der Waals surface area contributed by atoms with Crippen LogP contribution in [0.5, 0.6) is 0 Å². The third kappa shape index (κ3) is 2.76. The Bertz CT molecular complexity index is 645. The van der Waals surface area contributed by atoms with Gasteiger partial charge in [0.1, 0.15) is 5.03 Å². The van der Waals surface area contributed by atoms with Gasteiger partial charge >= 0.3 is 5.69 Å². The van der Waals surface area contributed by atoms with Gasteiger partial charge < -0.3 is 10.9 Å². The fourth-order valence-corrected chi connectivity index (χ4v) is 2.25. The summed E-state index contributed by atoms with van der Waals surface area (Å²) in [5.74, 6) is -0.00529. The molecule has 4 N–H and O–H groups in total. The maximum absolute atomic E-state index is 11.4. The third-order valence-electron chi connectivity index (χ3n) is 2.38. The average molecular weight is 280 g/mol. The summed E-state index contributed by atoms with van der Waals surface area (Å²) in [6.07, 6.45) is 1.48. The number of nitrogens with two attached hydrogens (primary N) is 1. The molecular formula is C10H12N6O2S. The minimum atomic E-state index is -0.252. The van der Waals surface area contributed by atoms with E-state index >= 15 is 0 Å². The molecule has 0 atom stereocenters. The highest BCUT2D eigenvalue weighted by atomic mass is 32.2. The van der Waals surface area contributed by atoms with Crippen molar-refractivity contribution in [2.45, 2.75) is 23.7 Å². The summed E-state index contributed by atoms with van der Waals surface area (Å²) in [6, 6.07) is 3.38. The van der Waals surface area contributed by atoms with Crippen LogP contribution in [0.1, 0.15) is 12.5 Å². The lowest BCUT2D eigenvalue weighted by Crippen LogP contribution is -2.16. The van der Waals surface area contributed by atoms with Gasteiger partial charge in [0.25, 0.3) is 0 Å². The Balaban J connectivity index is 2.22. The summed E-state index contributed by atoms with van der Waals surface area (Å²) < 4.78 is 1.50. The number of oxime groups is 1. The largest absolute Gasteiger partial charge is 0.409 e. The van der Waals surface area contributed by atoms with Gasteiger partial charge in [-0.3, -0.25) is 4.57 Å². The summed E-state index contributed by atoms with van der Waals surface area (Å²) in [7, 11) is 0. The van der Waals surface area contributed by atoms with Gasteiger partial charge in [0.15, 0.2) is 11.0 Å². The van der Waals surface area contributed by atoms with Gasteiger partial charge in [-0.2, -0.15) is 0 Å². The molecule has 100 valence electrons. The first kappa shape index (κ1) is 13.1. The lowest BCUT2D eigenvalue weighted by atomic mass is 10.3. The minimum Gasteiger partial charge on any atom is -0.409 e. The van der Waals surface area contributed by atoms with Crippen molar-refractivity contribution in [1.29, 1.82) is 0 Å². The number of amidine groups is 1. The van der Waals surface area contributed by atoms with E-state index in [-0.39, 0.29) is 11.5 Å². The Morgan fingerprint density at radius 1 is 1.63 bits per heavy atom. The van der Waals surface area contributed by atoms with Crippen molar-refractivity contribution in [3.05, 3.63) is 34.4 Å². The van der Waals surface area contributed by atoms with Gasteiger partial charge in [0.05, 0.1) is 0 Å². The molecule has 0 amide bonds. The number of aromatic amines is 1. The summed E-state index contributed by atoms with van der Waals surface area (Å²) >= 11 is 1.25. The number of nitrogens with zero attached hydrogens (tertiary/aromatic N) is 4. The predicted octanol–water partition coefficient (Wildman–Crippen LogP) is 0.232. The minimum absolute atomic E-state index is 0.00529. The monoisotopic (exact) mass is 280 g/mol. The predicted molar refractivity (Wildman–Crippen MR) is 69.4 cm³/mol. The summed E-state index contributed by atoms with van der Waals surface area (Å²) in [5.41, 5.74) is 5.70. The van der Waals surface area contributed by atoms with Crippen molar-refractivity contribution in [3.63, 3.8) is 0 Å². The quantitative estimate of drug-likeness (QED) is 0.319. The normalized spacial score (nSPS) is 11.7. The number of hydrogen-bond donors (Lipinski definition) is 3. The Morgan fingerprint density at radius 2 is 2.42 bits per heavy atom. The van der Waals surface area contributed by atoms with E-state index in [4.69, 9.17) is 10.9 Å². The Morgan fingerprint density at radius 3 is 3.00 bits per heavy atom. The van der Waals surface area contributed by atoms with Gasteiger partial charge in [-0.25, -0.2) is 14.9 Å². The zero-order valence-corrected chi connectivity index (χ0v) is 10.9. The van der Waals surface area contributed by atoms with Crippen molar-refractivity contribution in [1.82, 2.24) is 19.7 Å². The molecule has 0 aliphatic heterocycles. The molecule has 9 heteroatoms. The maximum Gasteiger partial charge on any atom is 0.343 e. The molecule has 0 radical (unpaired) electrons. The molecule has 0 aliphatic rings. The van der Waals surface area contributed by atoms with Crippen LogP contribution < -0.4 is 11.4 Å². The van der Waals surface area contributed by atoms with Crippen LogP contribution in [-0.4, -0.2) is 30.8 Å². The Hall–Kier alpha value is -2.29. The van der Waals surface area contributed by atoms with Gasteiger partial charge in [0, 0.05) is 18.3 Å². The molecule has 0 bridgehead atoms. The number of pyridine rings is 1. The molecule has 0 aromatic carbocycles. The van der Waals surface area contributed by atoms with Crippen LogP contribution in [-0.2, 0) is 6.54 Å². The topological polar surface area (TPSA) is 122 Å². The van der Waals surface area contributed by atoms with Gasteiger partial charge in [0.2, 0.25) is 0 Å². The van der Waals surface area contributed by atoms with Crippen molar-refractivity contribution < 1.29 is 5.21 Å². The van der Waals surface area contributed by atoms with Crippen LogP contribution in [0, 0.1) is 0 Å². The fourth-order valence-electron chi connectivity index (χ4n) is 1.40. The van der Waals surface area contributed by atoms with E-state index in [0.717, 1.165) is 0 Å². The standard InChI is InChI=1S/C10H12N6O2S/c1-2-16-9(17)13-14-10(16)19-7-4-3-6(5-12-7)8(11)15-18/h3-5,18H,2H2,1H3,(H2,11,15)(H,13,17).